The summed E-state index contributed by atoms with van der Waals surface area (Å²) in [5.74, 6) is 2.46. The number of nitrogens with zero attached hydrogens (tertiary/aromatic N) is 1. The monoisotopic (exact) mass is 517 g/mol. The number of hydrogen-bond acceptors (Lipinski definition) is 5. The van der Waals surface area contributed by atoms with Crippen LogP contribution in [0.25, 0.3) is 0 Å². The third-order valence-electron chi connectivity index (χ3n) is 3.80. The van der Waals surface area contributed by atoms with Crippen LogP contribution in [0.15, 0.2) is 52.1 Å². The maximum Gasteiger partial charge on any atom is 0.191 e. The fraction of sp³-hybridized carbons (Fsp3) is 0.476. The lowest BCUT2D eigenvalue weighted by Crippen LogP contribution is -2.38. The number of aliphatic imine (C=N–C) groups is 1. The number of methoxy groups -OCH3 is 1. The molecule has 1 aromatic carbocycles. The predicted octanol–water partition coefficient (Wildman–Crippen LogP) is 3.58. The highest BCUT2D eigenvalue weighted by molar-refractivity contribution is 14.0. The van der Waals surface area contributed by atoms with E-state index in [9.17, 15) is 0 Å². The van der Waals surface area contributed by atoms with Gasteiger partial charge in [0.15, 0.2) is 5.96 Å². The first-order chi connectivity index (χ1) is 13.8. The molecule has 2 N–H and O–H groups in total. The summed E-state index contributed by atoms with van der Waals surface area (Å²) in [5.41, 5.74) is 1.09. The van der Waals surface area contributed by atoms with Gasteiger partial charge in [0, 0.05) is 26.8 Å². The van der Waals surface area contributed by atoms with Crippen LogP contribution in [-0.4, -0.2) is 46.0 Å². The standard InChI is InChI=1S/C21H31N3O4.HI/c1-3-22-21(23-10-6-11-26-17-20-9-5-12-27-20)24-16-18-7-4-8-19(15-18)28-14-13-25-2;/h4-5,7-9,12,15H,3,6,10-11,13-14,16-17H2,1-2H3,(H2,22,23,24);1H. The van der Waals surface area contributed by atoms with Gasteiger partial charge in [0.2, 0.25) is 0 Å². The summed E-state index contributed by atoms with van der Waals surface area (Å²) in [6.45, 7) is 6.49. The SMILES string of the molecule is CCNC(=NCc1cccc(OCCOC)c1)NCCCOCc1ccco1.I. The van der Waals surface area contributed by atoms with Crippen LogP contribution in [0.3, 0.4) is 0 Å². The molecule has 2 rings (SSSR count). The summed E-state index contributed by atoms with van der Waals surface area (Å²) in [7, 11) is 1.66. The molecule has 1 heterocycles. The van der Waals surface area contributed by atoms with Crippen molar-refractivity contribution in [3.8, 4) is 5.75 Å². The molecule has 29 heavy (non-hydrogen) atoms. The van der Waals surface area contributed by atoms with Gasteiger partial charge in [-0.1, -0.05) is 12.1 Å². The van der Waals surface area contributed by atoms with Crippen LogP contribution in [0.2, 0.25) is 0 Å². The minimum Gasteiger partial charge on any atom is -0.491 e. The predicted molar refractivity (Wildman–Crippen MR) is 125 cm³/mol. The van der Waals surface area contributed by atoms with Crippen LogP contribution >= 0.6 is 24.0 Å². The molecular weight excluding hydrogens is 485 g/mol. The quantitative estimate of drug-likeness (QED) is 0.183. The summed E-state index contributed by atoms with van der Waals surface area (Å²) in [6, 6.07) is 11.7. The lowest BCUT2D eigenvalue weighted by Gasteiger charge is -2.12. The lowest BCUT2D eigenvalue weighted by atomic mass is 10.2. The molecule has 162 valence electrons. The highest BCUT2D eigenvalue weighted by atomic mass is 127. The average molecular weight is 517 g/mol. The fourth-order valence-corrected chi connectivity index (χ4v) is 2.44. The van der Waals surface area contributed by atoms with Gasteiger partial charge in [-0.15, -0.1) is 24.0 Å². The molecule has 0 radical (unpaired) electrons. The Labute approximate surface area is 190 Å². The van der Waals surface area contributed by atoms with Gasteiger partial charge >= 0.3 is 0 Å². The van der Waals surface area contributed by atoms with Crippen LogP contribution in [-0.2, 0) is 22.6 Å². The van der Waals surface area contributed by atoms with Crippen LogP contribution in [0, 0.1) is 0 Å². The zero-order valence-corrected chi connectivity index (χ0v) is 19.5. The van der Waals surface area contributed by atoms with E-state index in [4.69, 9.17) is 18.6 Å². The van der Waals surface area contributed by atoms with E-state index in [-0.39, 0.29) is 24.0 Å². The van der Waals surface area contributed by atoms with Gasteiger partial charge in [0.05, 0.1) is 19.4 Å². The minimum absolute atomic E-state index is 0. The molecule has 0 atom stereocenters. The first-order valence-electron chi connectivity index (χ1n) is 9.64. The number of nitrogens with one attached hydrogen (secondary N) is 2. The molecule has 0 bridgehead atoms. The van der Waals surface area contributed by atoms with E-state index in [2.05, 4.69) is 15.6 Å². The highest BCUT2D eigenvalue weighted by Gasteiger charge is 2.00. The van der Waals surface area contributed by atoms with Crippen molar-refractivity contribution in [2.75, 3.05) is 40.0 Å². The molecule has 0 fully saturated rings. The fourth-order valence-electron chi connectivity index (χ4n) is 2.44. The van der Waals surface area contributed by atoms with Gasteiger partial charge in [0.1, 0.15) is 24.7 Å². The van der Waals surface area contributed by atoms with Crippen LogP contribution < -0.4 is 15.4 Å². The summed E-state index contributed by atoms with van der Waals surface area (Å²) in [5, 5.41) is 6.59. The first kappa shape index (κ1) is 25.3. The molecule has 0 aliphatic carbocycles. The zero-order chi connectivity index (χ0) is 19.9. The van der Waals surface area contributed by atoms with Crippen molar-refractivity contribution in [1.29, 1.82) is 0 Å². The molecule has 0 aliphatic heterocycles. The molecule has 8 heteroatoms. The Morgan fingerprint density at radius 1 is 1.10 bits per heavy atom. The topological polar surface area (TPSA) is 77.3 Å². The number of ether oxygens (including phenoxy) is 3. The Balaban J connectivity index is 0.00000420. The molecule has 0 unspecified atom stereocenters. The van der Waals surface area contributed by atoms with E-state index in [0.29, 0.717) is 33.0 Å². The average Bonchev–Trinajstić information content (AvgIpc) is 3.23. The van der Waals surface area contributed by atoms with Gasteiger partial charge in [-0.3, -0.25) is 0 Å². The van der Waals surface area contributed by atoms with Gasteiger partial charge in [-0.2, -0.15) is 0 Å². The number of hydrogen-bond donors (Lipinski definition) is 2. The van der Waals surface area contributed by atoms with E-state index in [1.165, 1.54) is 0 Å². The molecule has 0 saturated carbocycles. The zero-order valence-electron chi connectivity index (χ0n) is 17.2. The van der Waals surface area contributed by atoms with E-state index in [1.807, 2.05) is 43.3 Å². The minimum atomic E-state index is 0. The Morgan fingerprint density at radius 3 is 2.76 bits per heavy atom. The van der Waals surface area contributed by atoms with Crippen molar-refractivity contribution in [3.05, 3.63) is 54.0 Å². The summed E-state index contributed by atoms with van der Waals surface area (Å²) in [6.07, 6.45) is 2.54. The summed E-state index contributed by atoms with van der Waals surface area (Å²) < 4.78 is 21.5. The smallest absolute Gasteiger partial charge is 0.191 e. The summed E-state index contributed by atoms with van der Waals surface area (Å²) >= 11 is 0. The number of rotatable bonds is 13. The Morgan fingerprint density at radius 2 is 2.00 bits per heavy atom. The molecule has 7 nitrogen and oxygen atoms in total. The molecule has 0 spiro atoms. The lowest BCUT2D eigenvalue weighted by molar-refractivity contribution is 0.105. The van der Waals surface area contributed by atoms with Crippen molar-refractivity contribution < 1.29 is 18.6 Å². The van der Waals surface area contributed by atoms with Crippen molar-refractivity contribution >= 4 is 29.9 Å². The molecule has 0 saturated heterocycles. The second-order valence-corrected chi connectivity index (χ2v) is 6.10. The van der Waals surface area contributed by atoms with E-state index in [0.717, 1.165) is 42.5 Å². The van der Waals surface area contributed by atoms with Crippen LogP contribution in [0.1, 0.15) is 24.7 Å². The highest BCUT2D eigenvalue weighted by Crippen LogP contribution is 2.14. The second-order valence-electron chi connectivity index (χ2n) is 6.10. The van der Waals surface area contributed by atoms with Gasteiger partial charge < -0.3 is 29.3 Å². The first-order valence-corrected chi connectivity index (χ1v) is 9.64. The number of guanidine groups is 1. The molecule has 2 aromatic rings. The van der Waals surface area contributed by atoms with Crippen LogP contribution in [0.5, 0.6) is 5.75 Å². The Bertz CT molecular complexity index is 680. The maximum absolute atomic E-state index is 5.65. The van der Waals surface area contributed by atoms with Crippen molar-refractivity contribution in [3.63, 3.8) is 0 Å². The van der Waals surface area contributed by atoms with E-state index in [1.54, 1.807) is 13.4 Å². The Hall–Kier alpha value is -1.78. The maximum atomic E-state index is 5.65. The normalized spacial score (nSPS) is 11.0. The number of benzene rings is 1. The summed E-state index contributed by atoms with van der Waals surface area (Å²) in [4.78, 5) is 4.64. The second kappa shape index (κ2) is 16.1. The van der Waals surface area contributed by atoms with E-state index >= 15 is 0 Å². The van der Waals surface area contributed by atoms with Crippen molar-refractivity contribution in [2.45, 2.75) is 26.5 Å². The largest absolute Gasteiger partial charge is 0.491 e. The van der Waals surface area contributed by atoms with Crippen molar-refractivity contribution in [2.24, 2.45) is 4.99 Å². The van der Waals surface area contributed by atoms with Gasteiger partial charge in [-0.05, 0) is 43.2 Å². The third kappa shape index (κ3) is 11.1. The van der Waals surface area contributed by atoms with E-state index < -0.39 is 0 Å². The van der Waals surface area contributed by atoms with Gasteiger partial charge in [0.25, 0.3) is 0 Å². The molecule has 0 amide bonds. The molecular formula is C21H32IN3O4. The third-order valence-corrected chi connectivity index (χ3v) is 3.80. The molecule has 0 aliphatic rings. The Kier molecular flexibility index (Phi) is 14.0. The molecule has 1 aromatic heterocycles. The van der Waals surface area contributed by atoms with Crippen LogP contribution in [0.4, 0.5) is 0 Å². The number of halogens is 1. The van der Waals surface area contributed by atoms with Gasteiger partial charge in [-0.25, -0.2) is 4.99 Å². The van der Waals surface area contributed by atoms with Crippen molar-refractivity contribution in [1.82, 2.24) is 10.6 Å². The number of furan rings is 1.